The summed E-state index contributed by atoms with van der Waals surface area (Å²) in [6.07, 6.45) is 13.1. The van der Waals surface area contributed by atoms with Crippen molar-refractivity contribution in [3.8, 4) is 6.07 Å². The Morgan fingerprint density at radius 3 is 2.69 bits per heavy atom. The van der Waals surface area contributed by atoms with Gasteiger partial charge in [-0.15, -0.1) is 0 Å². The summed E-state index contributed by atoms with van der Waals surface area (Å²) in [7, 11) is 3.78. The van der Waals surface area contributed by atoms with Crippen LogP contribution in [0.3, 0.4) is 0 Å². The van der Waals surface area contributed by atoms with E-state index in [1.807, 2.05) is 44.1 Å². The van der Waals surface area contributed by atoms with Crippen LogP contribution in [0.4, 0.5) is 0 Å². The number of allylic oxidation sites excluding steroid dienone is 4. The van der Waals surface area contributed by atoms with Crippen LogP contribution in [0.2, 0.25) is 0 Å². The van der Waals surface area contributed by atoms with E-state index < -0.39 is 5.41 Å². The van der Waals surface area contributed by atoms with Crippen LogP contribution in [-0.4, -0.2) is 49.7 Å². The number of aldehydes is 1. The summed E-state index contributed by atoms with van der Waals surface area (Å²) in [5.41, 5.74) is 3.72. The first-order valence-corrected chi connectivity index (χ1v) is 11.0. The SMILES string of the molecule is C=C(CNCCC(C#N)(CC)c1ccccn1)C1=CCCC=C1/C(=C/C=O)N=CN(C)C. The molecule has 1 heterocycles. The second kappa shape index (κ2) is 12.5. The van der Waals surface area contributed by atoms with Crippen molar-refractivity contribution in [1.29, 1.82) is 5.26 Å². The maximum atomic E-state index is 11.2. The fraction of sp³-hybridized carbons (Fsp3) is 0.385. The van der Waals surface area contributed by atoms with Gasteiger partial charge in [-0.25, -0.2) is 4.99 Å². The molecule has 0 radical (unpaired) electrons. The number of aliphatic imine (C=N–C) groups is 1. The number of nitrogens with zero attached hydrogens (tertiary/aromatic N) is 4. The van der Waals surface area contributed by atoms with Gasteiger partial charge < -0.3 is 10.2 Å². The third-order valence-electron chi connectivity index (χ3n) is 5.50. The molecule has 2 rings (SSSR count). The molecule has 32 heavy (non-hydrogen) atoms. The Hall–Kier alpha value is -3.30. The van der Waals surface area contributed by atoms with Crippen molar-refractivity contribution in [3.05, 3.63) is 77.3 Å². The van der Waals surface area contributed by atoms with Crippen LogP contribution in [0.15, 0.2) is 76.6 Å². The van der Waals surface area contributed by atoms with Crippen molar-refractivity contribution in [1.82, 2.24) is 15.2 Å². The van der Waals surface area contributed by atoms with E-state index in [9.17, 15) is 10.1 Å². The molecule has 0 aromatic carbocycles. The van der Waals surface area contributed by atoms with Gasteiger partial charge in [0.2, 0.25) is 0 Å². The number of hydrogen-bond donors (Lipinski definition) is 1. The highest BCUT2D eigenvalue weighted by atomic mass is 16.1. The second-order valence-corrected chi connectivity index (χ2v) is 8.00. The predicted octanol–water partition coefficient (Wildman–Crippen LogP) is 4.11. The molecule has 0 saturated carbocycles. The minimum Gasteiger partial charge on any atom is -0.369 e. The molecule has 1 aromatic heterocycles. The highest BCUT2D eigenvalue weighted by Crippen LogP contribution is 2.31. The first kappa shape index (κ1) is 25.0. The van der Waals surface area contributed by atoms with Crippen molar-refractivity contribution in [2.75, 3.05) is 27.2 Å². The molecule has 1 aliphatic rings. The fourth-order valence-corrected chi connectivity index (χ4v) is 3.66. The Balaban J connectivity index is 2.04. The van der Waals surface area contributed by atoms with Gasteiger partial charge in [-0.1, -0.05) is 31.7 Å². The van der Waals surface area contributed by atoms with Gasteiger partial charge in [0, 0.05) is 38.5 Å². The molecule has 1 atom stereocenters. The summed E-state index contributed by atoms with van der Waals surface area (Å²) in [5.74, 6) is 0. The zero-order valence-electron chi connectivity index (χ0n) is 19.3. The van der Waals surface area contributed by atoms with Crippen LogP contribution in [0.25, 0.3) is 0 Å². The summed E-state index contributed by atoms with van der Waals surface area (Å²) in [5, 5.41) is 13.3. The van der Waals surface area contributed by atoms with E-state index in [4.69, 9.17) is 0 Å². The number of aromatic nitrogens is 1. The van der Waals surface area contributed by atoms with E-state index in [1.165, 1.54) is 6.08 Å². The quantitative estimate of drug-likeness (QED) is 0.177. The Kier molecular flexibility index (Phi) is 9.77. The van der Waals surface area contributed by atoms with Gasteiger partial charge in [0.1, 0.15) is 11.7 Å². The predicted molar refractivity (Wildman–Crippen MR) is 130 cm³/mol. The lowest BCUT2D eigenvalue weighted by molar-refractivity contribution is -0.104. The third kappa shape index (κ3) is 6.60. The second-order valence-electron chi connectivity index (χ2n) is 8.00. The van der Waals surface area contributed by atoms with Gasteiger partial charge in [0.05, 0.1) is 23.8 Å². The lowest BCUT2D eigenvalue weighted by atomic mass is 9.79. The van der Waals surface area contributed by atoms with Crippen LogP contribution in [0.1, 0.15) is 38.3 Å². The maximum absolute atomic E-state index is 11.2. The van der Waals surface area contributed by atoms with Crippen LogP contribution in [-0.2, 0) is 10.2 Å². The number of nitriles is 1. The van der Waals surface area contributed by atoms with Gasteiger partial charge in [0.15, 0.2) is 0 Å². The molecule has 0 spiro atoms. The molecule has 1 N–H and O–H groups in total. The number of rotatable bonds is 12. The lowest BCUT2D eigenvalue weighted by Gasteiger charge is -2.25. The monoisotopic (exact) mass is 431 g/mol. The van der Waals surface area contributed by atoms with Crippen molar-refractivity contribution < 1.29 is 4.79 Å². The Bertz CT molecular complexity index is 950. The molecule has 0 amide bonds. The van der Waals surface area contributed by atoms with Gasteiger partial charge >= 0.3 is 0 Å². The molecule has 1 unspecified atom stereocenters. The third-order valence-corrected chi connectivity index (χ3v) is 5.50. The largest absolute Gasteiger partial charge is 0.369 e. The molecule has 1 aliphatic carbocycles. The van der Waals surface area contributed by atoms with Gasteiger partial charge in [-0.2, -0.15) is 5.26 Å². The maximum Gasteiger partial charge on any atom is 0.145 e. The minimum absolute atomic E-state index is 0.586. The Labute approximate surface area is 191 Å². The number of nitrogens with one attached hydrogen (secondary N) is 1. The molecule has 0 aliphatic heterocycles. The van der Waals surface area contributed by atoms with E-state index in [1.54, 1.807) is 12.5 Å². The van der Waals surface area contributed by atoms with Gasteiger partial charge in [-0.3, -0.25) is 9.78 Å². The first-order valence-electron chi connectivity index (χ1n) is 11.0. The molecule has 168 valence electrons. The van der Waals surface area contributed by atoms with E-state index >= 15 is 0 Å². The smallest absolute Gasteiger partial charge is 0.145 e. The molecular weight excluding hydrogens is 398 g/mol. The summed E-state index contributed by atoms with van der Waals surface area (Å²) in [4.78, 5) is 21.9. The Morgan fingerprint density at radius 1 is 1.34 bits per heavy atom. The van der Waals surface area contributed by atoms with Gasteiger partial charge in [0.25, 0.3) is 0 Å². The summed E-state index contributed by atoms with van der Waals surface area (Å²) in [6.45, 7) is 7.55. The van der Waals surface area contributed by atoms with Crippen LogP contribution < -0.4 is 5.32 Å². The zero-order chi connectivity index (χ0) is 23.4. The molecule has 6 heteroatoms. The number of carbonyl (C=O) groups is 1. The summed E-state index contributed by atoms with van der Waals surface area (Å²) < 4.78 is 0. The van der Waals surface area contributed by atoms with Crippen molar-refractivity contribution in [2.24, 2.45) is 4.99 Å². The molecule has 1 aromatic rings. The normalized spacial score (nSPS) is 16.0. The van der Waals surface area contributed by atoms with Crippen LogP contribution in [0.5, 0.6) is 0 Å². The number of carbonyl (C=O) groups excluding carboxylic acids is 1. The standard InChI is InChI=1S/C26H33N5O/c1-5-26(19-27,25-12-8-9-15-29-25)14-16-28-18-21(2)22-10-6-7-11-23(22)24(13-17-32)30-20-31(3)4/h8-13,15,17,20,28H,2,5-7,14,16,18H2,1,3-4H3/b24-13-,30-20?. The van der Waals surface area contributed by atoms with Crippen molar-refractivity contribution in [2.45, 2.75) is 38.0 Å². The van der Waals surface area contributed by atoms with E-state index in [0.717, 1.165) is 41.5 Å². The summed E-state index contributed by atoms with van der Waals surface area (Å²) >= 11 is 0. The highest BCUT2D eigenvalue weighted by molar-refractivity contribution is 5.72. The lowest BCUT2D eigenvalue weighted by Crippen LogP contribution is -2.31. The molecule has 0 bridgehead atoms. The van der Waals surface area contributed by atoms with Crippen molar-refractivity contribution in [3.63, 3.8) is 0 Å². The van der Waals surface area contributed by atoms with E-state index in [0.29, 0.717) is 31.6 Å². The topological polar surface area (TPSA) is 81.4 Å². The fourth-order valence-electron chi connectivity index (χ4n) is 3.66. The molecular formula is C26H33N5O. The average Bonchev–Trinajstić information content (AvgIpc) is 2.82. The molecule has 0 saturated heterocycles. The van der Waals surface area contributed by atoms with E-state index in [-0.39, 0.29) is 0 Å². The van der Waals surface area contributed by atoms with E-state index in [2.05, 4.69) is 40.1 Å². The number of hydrogen-bond acceptors (Lipinski definition) is 5. The summed E-state index contributed by atoms with van der Waals surface area (Å²) in [6, 6.07) is 8.19. The zero-order valence-corrected chi connectivity index (χ0v) is 19.3. The van der Waals surface area contributed by atoms with Crippen molar-refractivity contribution >= 4 is 12.6 Å². The molecule has 6 nitrogen and oxygen atoms in total. The Morgan fingerprint density at radius 2 is 2.09 bits per heavy atom. The minimum atomic E-state index is -0.606. The van der Waals surface area contributed by atoms with Crippen LogP contribution in [0, 0.1) is 11.3 Å². The number of pyridine rings is 1. The molecule has 0 fully saturated rings. The average molecular weight is 432 g/mol. The van der Waals surface area contributed by atoms with Gasteiger partial charge in [-0.05, 0) is 55.5 Å². The van der Waals surface area contributed by atoms with Crippen LogP contribution >= 0.6 is 0 Å². The highest BCUT2D eigenvalue weighted by Gasteiger charge is 2.31. The first-order chi connectivity index (χ1) is 15.5.